The lowest BCUT2D eigenvalue weighted by Gasteiger charge is -2.03. The van der Waals surface area contributed by atoms with Gasteiger partial charge in [0.05, 0.1) is 0 Å². The summed E-state index contributed by atoms with van der Waals surface area (Å²) < 4.78 is 2.29. The molecule has 0 aliphatic heterocycles. The Labute approximate surface area is 149 Å². The summed E-state index contributed by atoms with van der Waals surface area (Å²) in [6, 6.07) is 4.30. The number of hydrogen-bond donors (Lipinski definition) is 0. The maximum atomic E-state index is 2.29. The van der Waals surface area contributed by atoms with Gasteiger partial charge in [-0.1, -0.05) is 89.3 Å². The van der Waals surface area contributed by atoms with Crippen LogP contribution in [0.4, 0.5) is 0 Å². The van der Waals surface area contributed by atoms with E-state index in [1.807, 2.05) is 0 Å². The second-order valence-electron chi connectivity index (χ2n) is 6.82. The van der Waals surface area contributed by atoms with E-state index in [1.54, 1.807) is 0 Å². The minimum Gasteiger partial charge on any atom is -0.195 e. The fourth-order valence-electron chi connectivity index (χ4n) is 2.95. The summed E-state index contributed by atoms with van der Waals surface area (Å²) in [4.78, 5) is 0. The van der Waals surface area contributed by atoms with Gasteiger partial charge in [-0.25, -0.2) is 0 Å². The number of thioether (sulfide) groups is 1. The van der Waals surface area contributed by atoms with Crippen LogP contribution in [0, 0.1) is 6.92 Å². The minimum absolute atomic E-state index is 1.10. The van der Waals surface area contributed by atoms with Gasteiger partial charge in [0.15, 0.2) is 18.3 Å². The van der Waals surface area contributed by atoms with Crippen molar-refractivity contribution in [3.63, 3.8) is 0 Å². The smallest absolute Gasteiger partial charge is 0.194 e. The van der Waals surface area contributed by atoms with Gasteiger partial charge in [-0.15, -0.1) is 0 Å². The van der Waals surface area contributed by atoms with Crippen molar-refractivity contribution in [2.24, 2.45) is 0 Å². The fraction of sp³-hybridized carbons (Fsp3) is 0.762. The first-order valence-corrected chi connectivity index (χ1v) is 11.0. The SMILES string of the molecule is CCCCCCCCCCCCCCSC[n+]1cccc(C)c1. The number of rotatable bonds is 15. The Hall–Kier alpha value is -0.500. The molecule has 0 aliphatic rings. The van der Waals surface area contributed by atoms with Gasteiger partial charge in [0.25, 0.3) is 0 Å². The molecule has 0 N–H and O–H groups in total. The molecule has 0 saturated carbocycles. The topological polar surface area (TPSA) is 3.88 Å². The Morgan fingerprint density at radius 1 is 0.826 bits per heavy atom. The van der Waals surface area contributed by atoms with Crippen molar-refractivity contribution in [3.8, 4) is 0 Å². The molecule has 0 saturated heterocycles. The largest absolute Gasteiger partial charge is 0.195 e. The second-order valence-corrected chi connectivity index (χ2v) is 7.90. The van der Waals surface area contributed by atoms with Crippen LogP contribution >= 0.6 is 11.8 Å². The van der Waals surface area contributed by atoms with Gasteiger partial charge in [-0.05, 0) is 25.2 Å². The first kappa shape index (κ1) is 20.5. The van der Waals surface area contributed by atoms with E-state index in [1.165, 1.54) is 88.4 Å². The van der Waals surface area contributed by atoms with Crippen LogP contribution in [-0.2, 0) is 5.88 Å². The zero-order valence-corrected chi connectivity index (χ0v) is 16.4. The zero-order chi connectivity index (χ0) is 16.6. The molecule has 0 bridgehead atoms. The third-order valence-electron chi connectivity index (χ3n) is 4.39. The van der Waals surface area contributed by atoms with Crippen molar-refractivity contribution in [2.45, 2.75) is 96.8 Å². The van der Waals surface area contributed by atoms with Crippen molar-refractivity contribution in [2.75, 3.05) is 5.75 Å². The molecule has 0 aromatic carbocycles. The Balaban J connectivity index is 1.78. The predicted molar refractivity (Wildman–Crippen MR) is 105 cm³/mol. The number of aryl methyl sites for hydroxylation is 1. The molecule has 1 rings (SSSR count). The van der Waals surface area contributed by atoms with E-state index in [9.17, 15) is 0 Å². The summed E-state index contributed by atoms with van der Waals surface area (Å²) in [6.07, 6.45) is 21.7. The Morgan fingerprint density at radius 3 is 1.96 bits per heavy atom. The molecule has 1 nitrogen and oxygen atoms in total. The molecule has 0 radical (unpaired) electrons. The first-order chi connectivity index (χ1) is 11.3. The van der Waals surface area contributed by atoms with Crippen LogP contribution in [0.3, 0.4) is 0 Å². The first-order valence-electron chi connectivity index (χ1n) is 9.86. The number of unbranched alkanes of at least 4 members (excludes halogenated alkanes) is 11. The highest BCUT2D eigenvalue weighted by Gasteiger charge is 2.00. The minimum atomic E-state index is 1.10. The number of pyridine rings is 1. The molecule has 0 unspecified atom stereocenters. The predicted octanol–water partition coefficient (Wildman–Crippen LogP) is 6.67. The Kier molecular flexibility index (Phi) is 13.4. The van der Waals surface area contributed by atoms with E-state index < -0.39 is 0 Å². The third kappa shape index (κ3) is 12.6. The highest BCUT2D eigenvalue weighted by Crippen LogP contribution is 2.13. The summed E-state index contributed by atoms with van der Waals surface area (Å²) in [5.74, 6) is 2.40. The van der Waals surface area contributed by atoms with Crippen LogP contribution in [0.15, 0.2) is 24.5 Å². The van der Waals surface area contributed by atoms with E-state index >= 15 is 0 Å². The van der Waals surface area contributed by atoms with E-state index in [-0.39, 0.29) is 0 Å². The summed E-state index contributed by atoms with van der Waals surface area (Å²) in [5, 5.41) is 0. The lowest BCUT2D eigenvalue weighted by Crippen LogP contribution is -2.31. The van der Waals surface area contributed by atoms with Gasteiger partial charge in [-0.3, -0.25) is 0 Å². The molecule has 1 aromatic heterocycles. The van der Waals surface area contributed by atoms with Crippen LogP contribution in [0.1, 0.15) is 89.5 Å². The lowest BCUT2D eigenvalue weighted by atomic mass is 10.1. The van der Waals surface area contributed by atoms with Crippen LogP contribution in [0.2, 0.25) is 0 Å². The molecule has 0 spiro atoms. The van der Waals surface area contributed by atoms with Crippen LogP contribution in [-0.4, -0.2) is 5.75 Å². The van der Waals surface area contributed by atoms with E-state index in [2.05, 4.69) is 54.7 Å². The summed E-state index contributed by atoms with van der Waals surface area (Å²) >= 11 is 2.06. The van der Waals surface area contributed by atoms with Gasteiger partial charge in [0, 0.05) is 11.6 Å². The molecule has 1 heterocycles. The van der Waals surface area contributed by atoms with Crippen molar-refractivity contribution in [1.29, 1.82) is 0 Å². The highest BCUT2D eigenvalue weighted by molar-refractivity contribution is 7.98. The molecule has 0 fully saturated rings. The lowest BCUT2D eigenvalue weighted by molar-refractivity contribution is -0.676. The monoisotopic (exact) mass is 336 g/mol. The summed E-state index contributed by atoms with van der Waals surface area (Å²) in [6.45, 7) is 4.45. The Bertz CT molecular complexity index is 378. The van der Waals surface area contributed by atoms with Gasteiger partial charge >= 0.3 is 0 Å². The fourth-order valence-corrected chi connectivity index (χ4v) is 3.86. The molecule has 0 amide bonds. The normalized spacial score (nSPS) is 11.0. The van der Waals surface area contributed by atoms with E-state index in [0.717, 1.165) is 5.88 Å². The molecular weight excluding hydrogens is 298 g/mol. The van der Waals surface area contributed by atoms with Gasteiger partial charge < -0.3 is 0 Å². The molecule has 0 aliphatic carbocycles. The van der Waals surface area contributed by atoms with Crippen molar-refractivity contribution >= 4 is 11.8 Å². The standard InChI is InChI=1S/C21H38NS/c1-3-4-5-6-7-8-9-10-11-12-13-14-18-23-20-22-17-15-16-21(2)19-22/h15-17,19H,3-14,18,20H2,1-2H3/q+1. The van der Waals surface area contributed by atoms with Crippen molar-refractivity contribution in [1.82, 2.24) is 0 Å². The number of aromatic nitrogens is 1. The molecule has 2 heteroatoms. The van der Waals surface area contributed by atoms with Crippen molar-refractivity contribution in [3.05, 3.63) is 30.1 Å². The van der Waals surface area contributed by atoms with E-state index in [4.69, 9.17) is 0 Å². The number of hydrogen-bond acceptors (Lipinski definition) is 1. The molecule has 1 aromatic rings. The maximum Gasteiger partial charge on any atom is 0.194 e. The second kappa shape index (κ2) is 15.1. The summed E-state index contributed by atoms with van der Waals surface area (Å²) in [5.41, 5.74) is 1.35. The van der Waals surface area contributed by atoms with Crippen LogP contribution < -0.4 is 4.57 Å². The summed E-state index contributed by atoms with van der Waals surface area (Å²) in [7, 11) is 0. The van der Waals surface area contributed by atoms with Gasteiger partial charge in [-0.2, -0.15) is 4.57 Å². The van der Waals surface area contributed by atoms with Gasteiger partial charge in [0.2, 0.25) is 0 Å². The third-order valence-corrected chi connectivity index (χ3v) is 5.45. The maximum absolute atomic E-state index is 2.29. The molecule has 23 heavy (non-hydrogen) atoms. The number of nitrogens with zero attached hydrogens (tertiary/aromatic N) is 1. The highest BCUT2D eigenvalue weighted by atomic mass is 32.2. The quantitative estimate of drug-likeness (QED) is 0.255. The molecule has 0 atom stereocenters. The zero-order valence-electron chi connectivity index (χ0n) is 15.6. The van der Waals surface area contributed by atoms with Crippen LogP contribution in [0.25, 0.3) is 0 Å². The van der Waals surface area contributed by atoms with Gasteiger partial charge in [0.1, 0.15) is 0 Å². The van der Waals surface area contributed by atoms with E-state index in [0.29, 0.717) is 0 Å². The molecular formula is C21H38NS+. The van der Waals surface area contributed by atoms with Crippen molar-refractivity contribution < 1.29 is 4.57 Å². The van der Waals surface area contributed by atoms with Crippen LogP contribution in [0.5, 0.6) is 0 Å². The Morgan fingerprint density at radius 2 is 1.39 bits per heavy atom. The average Bonchev–Trinajstić information content (AvgIpc) is 2.55. The molecule has 132 valence electrons. The average molecular weight is 337 g/mol.